The summed E-state index contributed by atoms with van der Waals surface area (Å²) in [6.07, 6.45) is 2.03. The Kier molecular flexibility index (Phi) is 7.76. The maximum absolute atomic E-state index is 12.4. The third-order valence-electron chi connectivity index (χ3n) is 3.05. The molecule has 1 rings (SSSR count). The third-order valence-corrected chi connectivity index (χ3v) is 3.05. The highest BCUT2D eigenvalue weighted by atomic mass is 16.6. The van der Waals surface area contributed by atoms with E-state index in [2.05, 4.69) is 5.32 Å². The summed E-state index contributed by atoms with van der Waals surface area (Å²) in [6.45, 7) is 10.3. The molecule has 0 aliphatic carbocycles. The van der Waals surface area contributed by atoms with E-state index >= 15 is 0 Å². The van der Waals surface area contributed by atoms with Gasteiger partial charge in [-0.25, -0.2) is 9.59 Å². The zero-order chi connectivity index (χ0) is 20.7. The monoisotopic (exact) mass is 375 g/mol. The Balaban J connectivity index is 2.83. The van der Waals surface area contributed by atoms with E-state index in [1.165, 1.54) is 6.08 Å². The Hall–Kier alpha value is -2.63. The Morgan fingerprint density at radius 1 is 0.963 bits per heavy atom. The topological polar surface area (TPSA) is 81.7 Å². The van der Waals surface area contributed by atoms with Crippen molar-refractivity contribution in [1.29, 1.82) is 0 Å². The Morgan fingerprint density at radius 3 is 2.04 bits per heavy atom. The van der Waals surface area contributed by atoms with E-state index in [1.807, 2.05) is 30.3 Å². The number of alkyl carbamates (subject to hydrolysis) is 1. The first-order valence-electron chi connectivity index (χ1n) is 8.84. The molecule has 0 unspecified atom stereocenters. The molecule has 1 amide bonds. The number of esters is 1. The average molecular weight is 375 g/mol. The van der Waals surface area contributed by atoms with E-state index in [-0.39, 0.29) is 12.2 Å². The fourth-order valence-corrected chi connectivity index (χ4v) is 2.04. The fourth-order valence-electron chi connectivity index (χ4n) is 2.04. The summed E-state index contributed by atoms with van der Waals surface area (Å²) in [5, 5.41) is 2.43. The molecular formula is C21H29NO5. The van der Waals surface area contributed by atoms with Crippen molar-refractivity contribution in [2.75, 3.05) is 0 Å². The van der Waals surface area contributed by atoms with Crippen LogP contribution in [0.5, 0.6) is 0 Å². The van der Waals surface area contributed by atoms with Crippen LogP contribution in [0.4, 0.5) is 4.79 Å². The van der Waals surface area contributed by atoms with Crippen molar-refractivity contribution in [2.45, 2.75) is 65.2 Å². The van der Waals surface area contributed by atoms with Gasteiger partial charge in [-0.2, -0.15) is 0 Å². The number of benzene rings is 1. The molecule has 1 atom stereocenters. The lowest BCUT2D eigenvalue weighted by Gasteiger charge is -2.25. The molecule has 1 aromatic carbocycles. The van der Waals surface area contributed by atoms with Gasteiger partial charge in [0.25, 0.3) is 0 Å². The number of rotatable bonds is 6. The van der Waals surface area contributed by atoms with Crippen LogP contribution in [0.1, 0.15) is 53.5 Å². The van der Waals surface area contributed by atoms with Gasteiger partial charge in [-0.15, -0.1) is 0 Å². The van der Waals surface area contributed by atoms with Crippen molar-refractivity contribution in [3.05, 3.63) is 42.0 Å². The van der Waals surface area contributed by atoms with Crippen LogP contribution in [0.15, 0.2) is 36.4 Å². The molecule has 0 heterocycles. The molecule has 0 saturated carbocycles. The average Bonchev–Trinajstić information content (AvgIpc) is 2.50. The van der Waals surface area contributed by atoms with Crippen LogP contribution in [0.3, 0.4) is 0 Å². The van der Waals surface area contributed by atoms with Crippen LogP contribution in [0, 0.1) is 0 Å². The summed E-state index contributed by atoms with van der Waals surface area (Å²) in [6, 6.07) is 8.17. The number of nitrogens with one attached hydrogen (secondary N) is 1. The molecule has 0 spiro atoms. The summed E-state index contributed by atoms with van der Waals surface area (Å²) < 4.78 is 10.5. The molecule has 6 nitrogen and oxygen atoms in total. The number of carbonyl (C=O) groups is 3. The highest BCUT2D eigenvalue weighted by molar-refractivity contribution is 5.97. The predicted octanol–water partition coefficient (Wildman–Crippen LogP) is 3.89. The molecule has 1 aromatic rings. The molecule has 0 fully saturated rings. The standard InChI is InChI=1S/C21H29NO5/c1-20(2,3)26-18(24)17(22-19(25)27-21(4,5)6)14-16(23)13-12-15-10-8-7-9-11-15/h7-13,17H,14H2,1-6H3,(H,22,25)/b13-12+/t17-/m0/s1. The van der Waals surface area contributed by atoms with Crippen molar-refractivity contribution in [2.24, 2.45) is 0 Å². The smallest absolute Gasteiger partial charge is 0.408 e. The lowest BCUT2D eigenvalue weighted by molar-refractivity contribution is -0.158. The molecule has 0 aliphatic heterocycles. The number of allylic oxidation sites excluding steroid dienone is 1. The van der Waals surface area contributed by atoms with Gasteiger partial charge < -0.3 is 14.8 Å². The normalized spacial score (nSPS) is 13.1. The minimum Gasteiger partial charge on any atom is -0.458 e. The lowest BCUT2D eigenvalue weighted by Crippen LogP contribution is -2.46. The van der Waals surface area contributed by atoms with Crippen molar-refractivity contribution < 1.29 is 23.9 Å². The highest BCUT2D eigenvalue weighted by Gasteiger charge is 2.29. The third kappa shape index (κ3) is 10.2. The number of ether oxygens (including phenoxy) is 2. The zero-order valence-electron chi connectivity index (χ0n) is 16.9. The Labute approximate surface area is 160 Å². The van der Waals surface area contributed by atoms with E-state index in [0.29, 0.717) is 0 Å². The van der Waals surface area contributed by atoms with E-state index in [9.17, 15) is 14.4 Å². The summed E-state index contributed by atoms with van der Waals surface area (Å²) in [5.41, 5.74) is -0.604. The molecule has 1 N–H and O–H groups in total. The molecule has 0 radical (unpaired) electrons. The van der Waals surface area contributed by atoms with Gasteiger partial charge in [0.15, 0.2) is 5.78 Å². The van der Waals surface area contributed by atoms with Crippen molar-refractivity contribution in [3.8, 4) is 0 Å². The molecule has 0 aliphatic rings. The maximum atomic E-state index is 12.4. The summed E-state index contributed by atoms with van der Waals surface area (Å²) in [4.78, 5) is 36.7. The van der Waals surface area contributed by atoms with Crippen LogP contribution in [-0.2, 0) is 19.1 Å². The summed E-state index contributed by atoms with van der Waals surface area (Å²) in [5.74, 6) is -0.999. The first kappa shape index (κ1) is 22.4. The minimum atomic E-state index is -1.13. The van der Waals surface area contributed by atoms with Gasteiger partial charge in [-0.05, 0) is 53.2 Å². The maximum Gasteiger partial charge on any atom is 0.408 e. The van der Waals surface area contributed by atoms with Crippen molar-refractivity contribution in [1.82, 2.24) is 5.32 Å². The Morgan fingerprint density at radius 2 is 1.52 bits per heavy atom. The van der Waals surface area contributed by atoms with Gasteiger partial charge in [0.1, 0.15) is 17.2 Å². The Bertz CT molecular complexity index is 681. The van der Waals surface area contributed by atoms with E-state index in [0.717, 1.165) is 5.56 Å². The minimum absolute atomic E-state index is 0.225. The molecule has 0 aromatic heterocycles. The number of carbonyl (C=O) groups excluding carboxylic acids is 3. The highest BCUT2D eigenvalue weighted by Crippen LogP contribution is 2.12. The van der Waals surface area contributed by atoms with E-state index in [1.54, 1.807) is 47.6 Å². The molecule has 0 bridgehead atoms. The van der Waals surface area contributed by atoms with Crippen LogP contribution in [-0.4, -0.2) is 35.1 Å². The second-order valence-electron chi connectivity index (χ2n) is 8.15. The molecule has 6 heteroatoms. The second kappa shape index (κ2) is 9.35. The van der Waals surface area contributed by atoms with Gasteiger partial charge >= 0.3 is 12.1 Å². The number of amides is 1. The van der Waals surface area contributed by atoms with Gasteiger partial charge in [0, 0.05) is 6.42 Å². The molecule has 27 heavy (non-hydrogen) atoms. The fraction of sp³-hybridized carbons (Fsp3) is 0.476. The van der Waals surface area contributed by atoms with Crippen LogP contribution in [0.2, 0.25) is 0 Å². The van der Waals surface area contributed by atoms with Crippen LogP contribution >= 0.6 is 0 Å². The van der Waals surface area contributed by atoms with Gasteiger partial charge in [-0.1, -0.05) is 36.4 Å². The summed E-state index contributed by atoms with van der Waals surface area (Å²) >= 11 is 0. The quantitative estimate of drug-likeness (QED) is 0.602. The lowest BCUT2D eigenvalue weighted by atomic mass is 10.1. The van der Waals surface area contributed by atoms with Gasteiger partial charge in [0.05, 0.1) is 0 Å². The van der Waals surface area contributed by atoms with Crippen LogP contribution in [0.25, 0.3) is 6.08 Å². The largest absolute Gasteiger partial charge is 0.458 e. The first-order chi connectivity index (χ1) is 12.4. The van der Waals surface area contributed by atoms with Gasteiger partial charge in [0.2, 0.25) is 0 Å². The van der Waals surface area contributed by atoms with Crippen molar-refractivity contribution >= 4 is 23.9 Å². The number of ketones is 1. The predicted molar refractivity (Wildman–Crippen MR) is 104 cm³/mol. The second-order valence-corrected chi connectivity index (χ2v) is 8.15. The first-order valence-corrected chi connectivity index (χ1v) is 8.84. The zero-order valence-corrected chi connectivity index (χ0v) is 16.9. The number of hydrogen-bond donors (Lipinski definition) is 1. The molecule has 0 saturated heterocycles. The van der Waals surface area contributed by atoms with E-state index < -0.39 is 29.3 Å². The molecule has 148 valence electrons. The van der Waals surface area contributed by atoms with Crippen molar-refractivity contribution in [3.63, 3.8) is 0 Å². The SMILES string of the molecule is CC(C)(C)OC(=O)N[C@@H](CC(=O)/C=C/c1ccccc1)C(=O)OC(C)(C)C. The summed E-state index contributed by atoms with van der Waals surface area (Å²) in [7, 11) is 0. The van der Waals surface area contributed by atoms with Gasteiger partial charge in [-0.3, -0.25) is 4.79 Å². The number of hydrogen-bond acceptors (Lipinski definition) is 5. The molecular weight excluding hydrogens is 346 g/mol. The van der Waals surface area contributed by atoms with E-state index in [4.69, 9.17) is 9.47 Å². The van der Waals surface area contributed by atoms with Crippen LogP contribution < -0.4 is 5.32 Å².